The van der Waals surface area contributed by atoms with Gasteiger partial charge in [0, 0.05) is 24.8 Å². The summed E-state index contributed by atoms with van der Waals surface area (Å²) in [6, 6.07) is 7.57. The standard InChI is InChI=1S/C13H13N5O/c1-18(8-11-14-6-7-15-11)13(19)12-9-4-2-3-5-10(9)16-17-12/h2-7H,8H2,1H3,(H,14,15)(H,16,17). The highest BCUT2D eigenvalue weighted by molar-refractivity contribution is 6.04. The lowest BCUT2D eigenvalue weighted by Gasteiger charge is -2.14. The number of carbonyl (C=O) groups is 1. The molecule has 0 aliphatic carbocycles. The fraction of sp³-hybridized carbons (Fsp3) is 0.154. The number of rotatable bonds is 3. The molecule has 1 aromatic carbocycles. The molecule has 3 aromatic rings. The summed E-state index contributed by atoms with van der Waals surface area (Å²) in [5.74, 6) is 0.615. The van der Waals surface area contributed by atoms with Crippen LogP contribution in [0.3, 0.4) is 0 Å². The molecule has 0 spiro atoms. The van der Waals surface area contributed by atoms with E-state index in [1.54, 1.807) is 24.3 Å². The number of carbonyl (C=O) groups excluding carboxylic acids is 1. The second kappa shape index (κ2) is 4.56. The molecule has 6 nitrogen and oxygen atoms in total. The first kappa shape index (κ1) is 11.5. The maximum absolute atomic E-state index is 12.3. The third kappa shape index (κ3) is 2.08. The van der Waals surface area contributed by atoms with Crippen LogP contribution < -0.4 is 0 Å². The lowest BCUT2D eigenvalue weighted by atomic mass is 10.2. The number of hydrogen-bond acceptors (Lipinski definition) is 3. The van der Waals surface area contributed by atoms with Crippen molar-refractivity contribution < 1.29 is 4.79 Å². The number of H-pyrrole nitrogens is 2. The average molecular weight is 255 g/mol. The summed E-state index contributed by atoms with van der Waals surface area (Å²) in [6.07, 6.45) is 3.40. The summed E-state index contributed by atoms with van der Waals surface area (Å²) in [5.41, 5.74) is 1.29. The van der Waals surface area contributed by atoms with Gasteiger partial charge in [-0.2, -0.15) is 5.10 Å². The highest BCUT2D eigenvalue weighted by Gasteiger charge is 2.18. The van der Waals surface area contributed by atoms with Crippen LogP contribution >= 0.6 is 0 Å². The Morgan fingerprint density at radius 1 is 1.37 bits per heavy atom. The number of aromatic amines is 2. The van der Waals surface area contributed by atoms with Gasteiger partial charge in [0.15, 0.2) is 5.69 Å². The van der Waals surface area contributed by atoms with Gasteiger partial charge in [-0.1, -0.05) is 18.2 Å². The molecule has 0 atom stereocenters. The quantitative estimate of drug-likeness (QED) is 0.745. The molecule has 2 heterocycles. The minimum atomic E-state index is -0.131. The summed E-state index contributed by atoms with van der Waals surface area (Å²) in [7, 11) is 1.73. The molecule has 1 amide bonds. The van der Waals surface area contributed by atoms with Crippen LogP contribution in [-0.4, -0.2) is 38.0 Å². The molecule has 2 aromatic heterocycles. The minimum Gasteiger partial charge on any atom is -0.347 e. The molecule has 96 valence electrons. The van der Waals surface area contributed by atoms with Crippen molar-refractivity contribution in [2.45, 2.75) is 6.54 Å². The van der Waals surface area contributed by atoms with Gasteiger partial charge in [-0.15, -0.1) is 0 Å². The SMILES string of the molecule is CN(Cc1ncc[nH]1)C(=O)c1n[nH]c2ccccc12. The number of imidazole rings is 1. The topological polar surface area (TPSA) is 77.7 Å². The van der Waals surface area contributed by atoms with Crippen molar-refractivity contribution in [1.29, 1.82) is 0 Å². The van der Waals surface area contributed by atoms with Crippen molar-refractivity contribution in [3.63, 3.8) is 0 Å². The summed E-state index contributed by atoms with van der Waals surface area (Å²) in [6.45, 7) is 0.424. The number of amides is 1. The van der Waals surface area contributed by atoms with E-state index < -0.39 is 0 Å². The Kier molecular flexibility index (Phi) is 2.75. The number of benzene rings is 1. The summed E-state index contributed by atoms with van der Waals surface area (Å²) >= 11 is 0. The number of nitrogens with zero attached hydrogens (tertiary/aromatic N) is 3. The first-order valence-electron chi connectivity index (χ1n) is 5.92. The molecule has 0 aliphatic rings. The highest BCUT2D eigenvalue weighted by Crippen LogP contribution is 2.16. The van der Waals surface area contributed by atoms with E-state index in [0.717, 1.165) is 16.7 Å². The zero-order valence-corrected chi connectivity index (χ0v) is 10.4. The summed E-state index contributed by atoms with van der Waals surface area (Å²) in [4.78, 5) is 21.0. The van der Waals surface area contributed by atoms with Gasteiger partial charge in [-0.25, -0.2) is 4.98 Å². The molecule has 2 N–H and O–H groups in total. The van der Waals surface area contributed by atoms with Gasteiger partial charge in [0.25, 0.3) is 5.91 Å². The van der Waals surface area contributed by atoms with E-state index in [1.165, 1.54) is 0 Å². The predicted octanol–water partition coefficient (Wildman–Crippen LogP) is 1.56. The van der Waals surface area contributed by atoms with Crippen molar-refractivity contribution in [2.24, 2.45) is 0 Å². The fourth-order valence-electron chi connectivity index (χ4n) is 1.99. The van der Waals surface area contributed by atoms with E-state index in [2.05, 4.69) is 20.2 Å². The van der Waals surface area contributed by atoms with E-state index in [4.69, 9.17) is 0 Å². The summed E-state index contributed by atoms with van der Waals surface area (Å²) in [5, 5.41) is 7.79. The Morgan fingerprint density at radius 3 is 3.00 bits per heavy atom. The van der Waals surface area contributed by atoms with E-state index in [1.807, 2.05) is 24.3 Å². The van der Waals surface area contributed by atoms with Crippen LogP contribution in [0.4, 0.5) is 0 Å². The van der Waals surface area contributed by atoms with E-state index in [9.17, 15) is 4.79 Å². The van der Waals surface area contributed by atoms with Crippen LogP contribution in [0.2, 0.25) is 0 Å². The second-order valence-corrected chi connectivity index (χ2v) is 4.31. The zero-order valence-electron chi connectivity index (χ0n) is 10.4. The van der Waals surface area contributed by atoms with Gasteiger partial charge in [0.1, 0.15) is 5.82 Å². The molecule has 0 unspecified atom stereocenters. The van der Waals surface area contributed by atoms with Crippen molar-refractivity contribution >= 4 is 16.8 Å². The van der Waals surface area contributed by atoms with Gasteiger partial charge in [-0.05, 0) is 6.07 Å². The number of aromatic nitrogens is 4. The molecular weight excluding hydrogens is 242 g/mol. The fourth-order valence-corrected chi connectivity index (χ4v) is 1.99. The molecule has 0 saturated carbocycles. The van der Waals surface area contributed by atoms with Crippen LogP contribution in [0.5, 0.6) is 0 Å². The van der Waals surface area contributed by atoms with E-state index in [0.29, 0.717) is 12.2 Å². The van der Waals surface area contributed by atoms with Crippen molar-refractivity contribution in [3.8, 4) is 0 Å². The average Bonchev–Trinajstić information content (AvgIpc) is 3.06. The minimum absolute atomic E-state index is 0.131. The Balaban J connectivity index is 1.87. The highest BCUT2D eigenvalue weighted by atomic mass is 16.2. The molecule has 0 saturated heterocycles. The van der Waals surface area contributed by atoms with Gasteiger partial charge in [-0.3, -0.25) is 9.89 Å². The van der Waals surface area contributed by atoms with E-state index in [-0.39, 0.29) is 5.91 Å². The Bertz CT molecular complexity index is 701. The van der Waals surface area contributed by atoms with E-state index >= 15 is 0 Å². The normalized spacial score (nSPS) is 10.8. The maximum Gasteiger partial charge on any atom is 0.275 e. The van der Waals surface area contributed by atoms with Gasteiger partial charge in [0.2, 0.25) is 0 Å². The first-order chi connectivity index (χ1) is 9.25. The molecule has 3 rings (SSSR count). The Hall–Kier alpha value is -2.63. The molecular formula is C13H13N5O. The van der Waals surface area contributed by atoms with Gasteiger partial charge < -0.3 is 9.88 Å². The predicted molar refractivity (Wildman–Crippen MR) is 70.5 cm³/mol. The largest absolute Gasteiger partial charge is 0.347 e. The molecule has 0 aliphatic heterocycles. The lowest BCUT2D eigenvalue weighted by Crippen LogP contribution is -2.27. The Morgan fingerprint density at radius 2 is 2.21 bits per heavy atom. The van der Waals surface area contributed by atoms with Crippen LogP contribution in [0.15, 0.2) is 36.7 Å². The smallest absolute Gasteiger partial charge is 0.275 e. The number of hydrogen-bond donors (Lipinski definition) is 2. The van der Waals surface area contributed by atoms with Gasteiger partial charge in [0.05, 0.1) is 12.1 Å². The van der Waals surface area contributed by atoms with Gasteiger partial charge >= 0.3 is 0 Å². The third-order valence-electron chi connectivity index (χ3n) is 2.96. The van der Waals surface area contributed by atoms with Crippen molar-refractivity contribution in [1.82, 2.24) is 25.1 Å². The molecule has 6 heteroatoms. The number of nitrogens with one attached hydrogen (secondary N) is 2. The number of para-hydroxylation sites is 1. The third-order valence-corrected chi connectivity index (χ3v) is 2.96. The summed E-state index contributed by atoms with van der Waals surface area (Å²) < 4.78 is 0. The molecule has 19 heavy (non-hydrogen) atoms. The zero-order chi connectivity index (χ0) is 13.2. The Labute approximate surface area is 109 Å². The van der Waals surface area contributed by atoms with Crippen LogP contribution in [0.1, 0.15) is 16.3 Å². The number of fused-ring (bicyclic) bond motifs is 1. The monoisotopic (exact) mass is 255 g/mol. The molecule has 0 bridgehead atoms. The van der Waals surface area contributed by atoms with Crippen LogP contribution in [0, 0.1) is 0 Å². The molecule has 0 fully saturated rings. The first-order valence-corrected chi connectivity index (χ1v) is 5.92. The maximum atomic E-state index is 12.3. The second-order valence-electron chi connectivity index (χ2n) is 4.31. The lowest BCUT2D eigenvalue weighted by molar-refractivity contribution is 0.0778. The van der Waals surface area contributed by atoms with Crippen LogP contribution in [0.25, 0.3) is 10.9 Å². The van der Waals surface area contributed by atoms with Crippen LogP contribution in [-0.2, 0) is 6.54 Å². The van der Waals surface area contributed by atoms with Crippen molar-refractivity contribution in [3.05, 3.63) is 48.2 Å². The van der Waals surface area contributed by atoms with Crippen molar-refractivity contribution in [2.75, 3.05) is 7.05 Å². The molecule has 0 radical (unpaired) electrons.